The second-order valence-electron chi connectivity index (χ2n) is 6.79. The van der Waals surface area contributed by atoms with Crippen LogP contribution in [0.5, 0.6) is 23.0 Å². The largest absolute Gasteiger partial charge is 0.493 e. The average Bonchev–Trinajstić information content (AvgIpc) is 2.69. The number of nitrogens with zero attached hydrogens (tertiary/aromatic N) is 1. The molecule has 0 bridgehead atoms. The molecule has 6 heteroatoms. The lowest BCUT2D eigenvalue weighted by Gasteiger charge is -2.41. The van der Waals surface area contributed by atoms with Crippen LogP contribution in [0.4, 0.5) is 0 Å². The molecule has 2 aliphatic heterocycles. The van der Waals surface area contributed by atoms with Crippen molar-refractivity contribution < 1.29 is 23.7 Å². The van der Waals surface area contributed by atoms with E-state index in [1.807, 2.05) is 47.4 Å². The molecule has 1 amide bonds. The fourth-order valence-corrected chi connectivity index (χ4v) is 3.56. The summed E-state index contributed by atoms with van der Waals surface area (Å²) in [6.45, 7) is 1.54. The minimum absolute atomic E-state index is 0.0119. The molecule has 6 nitrogen and oxygen atoms in total. The molecule has 0 radical (unpaired) electrons. The number of hydrogen-bond acceptors (Lipinski definition) is 5. The van der Waals surface area contributed by atoms with Crippen molar-refractivity contribution in [3.63, 3.8) is 0 Å². The Hall–Kier alpha value is -2.89. The van der Waals surface area contributed by atoms with E-state index >= 15 is 0 Å². The van der Waals surface area contributed by atoms with E-state index in [0.717, 1.165) is 11.3 Å². The molecule has 0 unspecified atom stereocenters. The van der Waals surface area contributed by atoms with Crippen LogP contribution in [-0.4, -0.2) is 50.8 Å². The molecule has 0 aliphatic carbocycles. The number of carbonyl (C=O) groups excluding carboxylic acids is 1. The molecule has 27 heavy (non-hydrogen) atoms. The standard InChI is InChI=1S/C21H23NO5/c1-24-17-7-3-4-8-18(17)27-16-11-22(12-16)21(23)15-10-14-6-5-9-19(25-2)20(14)26-13-15/h3-9,15-16H,10-13H2,1-2H3/t15-/m0/s1. The van der Waals surface area contributed by atoms with E-state index in [2.05, 4.69) is 0 Å². The summed E-state index contributed by atoms with van der Waals surface area (Å²) in [6.07, 6.45) is 0.655. The number of fused-ring (bicyclic) bond motifs is 1. The van der Waals surface area contributed by atoms with Crippen LogP contribution >= 0.6 is 0 Å². The highest BCUT2D eigenvalue weighted by Gasteiger charge is 2.38. The molecule has 1 saturated heterocycles. The van der Waals surface area contributed by atoms with Crippen molar-refractivity contribution in [3.8, 4) is 23.0 Å². The number of methoxy groups -OCH3 is 2. The van der Waals surface area contributed by atoms with E-state index in [-0.39, 0.29) is 17.9 Å². The number of likely N-dealkylation sites (tertiary alicyclic amines) is 1. The van der Waals surface area contributed by atoms with Crippen LogP contribution in [0.25, 0.3) is 0 Å². The number of amides is 1. The Labute approximate surface area is 158 Å². The molecule has 4 rings (SSSR count). The molecular formula is C21H23NO5. The van der Waals surface area contributed by atoms with Gasteiger partial charge in [0.25, 0.3) is 0 Å². The summed E-state index contributed by atoms with van der Waals surface area (Å²) in [7, 11) is 3.24. The van der Waals surface area contributed by atoms with Crippen molar-refractivity contribution in [2.75, 3.05) is 33.9 Å². The fraction of sp³-hybridized carbons (Fsp3) is 0.381. The Balaban J connectivity index is 1.34. The Morgan fingerprint density at radius 2 is 1.70 bits per heavy atom. The highest BCUT2D eigenvalue weighted by Crippen LogP contribution is 2.37. The summed E-state index contributed by atoms with van der Waals surface area (Å²) in [6, 6.07) is 13.3. The minimum Gasteiger partial charge on any atom is -0.493 e. The van der Waals surface area contributed by atoms with E-state index < -0.39 is 0 Å². The topological polar surface area (TPSA) is 57.2 Å². The zero-order chi connectivity index (χ0) is 18.8. The van der Waals surface area contributed by atoms with Crippen molar-refractivity contribution >= 4 is 5.91 Å². The Morgan fingerprint density at radius 1 is 1.00 bits per heavy atom. The van der Waals surface area contributed by atoms with Gasteiger partial charge in [-0.3, -0.25) is 4.79 Å². The third-order valence-electron chi connectivity index (χ3n) is 5.05. The van der Waals surface area contributed by atoms with Crippen LogP contribution < -0.4 is 18.9 Å². The maximum Gasteiger partial charge on any atom is 0.229 e. The third-order valence-corrected chi connectivity index (χ3v) is 5.05. The Morgan fingerprint density at radius 3 is 2.44 bits per heavy atom. The molecule has 2 heterocycles. The first-order chi connectivity index (χ1) is 13.2. The molecule has 142 valence electrons. The first-order valence-corrected chi connectivity index (χ1v) is 9.06. The molecular weight excluding hydrogens is 346 g/mol. The lowest BCUT2D eigenvalue weighted by atomic mass is 9.94. The molecule has 2 aromatic rings. The van der Waals surface area contributed by atoms with Gasteiger partial charge < -0.3 is 23.8 Å². The average molecular weight is 369 g/mol. The van der Waals surface area contributed by atoms with E-state index in [4.69, 9.17) is 18.9 Å². The second-order valence-corrected chi connectivity index (χ2v) is 6.79. The summed E-state index contributed by atoms with van der Waals surface area (Å²) in [5, 5.41) is 0. The van der Waals surface area contributed by atoms with Gasteiger partial charge in [-0.05, 0) is 30.2 Å². The number of rotatable bonds is 5. The second kappa shape index (κ2) is 7.39. The van der Waals surface area contributed by atoms with Gasteiger partial charge in [0.1, 0.15) is 12.7 Å². The van der Waals surface area contributed by atoms with Crippen molar-refractivity contribution in [1.29, 1.82) is 0 Å². The lowest BCUT2D eigenvalue weighted by Crippen LogP contribution is -2.58. The highest BCUT2D eigenvalue weighted by atomic mass is 16.5. The zero-order valence-corrected chi connectivity index (χ0v) is 15.5. The van der Waals surface area contributed by atoms with Gasteiger partial charge in [-0.15, -0.1) is 0 Å². The Kier molecular flexibility index (Phi) is 4.79. The van der Waals surface area contributed by atoms with Crippen molar-refractivity contribution in [2.45, 2.75) is 12.5 Å². The molecule has 2 aromatic carbocycles. The monoisotopic (exact) mass is 369 g/mol. The van der Waals surface area contributed by atoms with Crippen LogP contribution in [0.2, 0.25) is 0 Å². The predicted molar refractivity (Wildman–Crippen MR) is 99.7 cm³/mol. The maximum absolute atomic E-state index is 12.8. The lowest BCUT2D eigenvalue weighted by molar-refractivity contribution is -0.145. The first kappa shape index (κ1) is 17.5. The predicted octanol–water partition coefficient (Wildman–Crippen LogP) is 2.54. The summed E-state index contributed by atoms with van der Waals surface area (Å²) in [4.78, 5) is 14.6. The van der Waals surface area contributed by atoms with Crippen LogP contribution in [0, 0.1) is 5.92 Å². The van der Waals surface area contributed by atoms with Gasteiger partial charge in [-0.25, -0.2) is 0 Å². The van der Waals surface area contributed by atoms with Crippen LogP contribution in [0.15, 0.2) is 42.5 Å². The van der Waals surface area contributed by atoms with Crippen LogP contribution in [0.3, 0.4) is 0 Å². The third kappa shape index (κ3) is 3.39. The number of benzene rings is 2. The van der Waals surface area contributed by atoms with Gasteiger partial charge in [0.2, 0.25) is 5.91 Å². The fourth-order valence-electron chi connectivity index (χ4n) is 3.56. The number of carbonyl (C=O) groups is 1. The molecule has 2 aliphatic rings. The smallest absolute Gasteiger partial charge is 0.229 e. The number of para-hydroxylation sites is 3. The van der Waals surface area contributed by atoms with Crippen molar-refractivity contribution in [3.05, 3.63) is 48.0 Å². The summed E-state index contributed by atoms with van der Waals surface area (Å²) < 4.78 is 22.4. The van der Waals surface area contributed by atoms with Gasteiger partial charge in [-0.2, -0.15) is 0 Å². The number of ether oxygens (including phenoxy) is 4. The zero-order valence-electron chi connectivity index (χ0n) is 15.5. The van der Waals surface area contributed by atoms with Gasteiger partial charge >= 0.3 is 0 Å². The SMILES string of the molecule is COc1ccccc1OC1CN(C(=O)[C@@H]2COc3c(cccc3OC)C2)C1. The van der Waals surface area contributed by atoms with Gasteiger partial charge in [0.15, 0.2) is 23.0 Å². The van der Waals surface area contributed by atoms with Crippen molar-refractivity contribution in [2.24, 2.45) is 5.92 Å². The quantitative estimate of drug-likeness (QED) is 0.811. The number of hydrogen-bond donors (Lipinski definition) is 0. The molecule has 0 spiro atoms. The van der Waals surface area contributed by atoms with Gasteiger partial charge in [0, 0.05) is 0 Å². The summed E-state index contributed by atoms with van der Waals surface area (Å²) >= 11 is 0. The van der Waals surface area contributed by atoms with Crippen molar-refractivity contribution in [1.82, 2.24) is 4.90 Å². The molecule has 0 N–H and O–H groups in total. The summed E-state index contributed by atoms with van der Waals surface area (Å²) in [5.41, 5.74) is 1.02. The van der Waals surface area contributed by atoms with E-state index in [1.54, 1.807) is 14.2 Å². The van der Waals surface area contributed by atoms with E-state index in [1.165, 1.54) is 0 Å². The van der Waals surface area contributed by atoms with E-state index in [0.29, 0.717) is 43.4 Å². The molecule has 1 fully saturated rings. The summed E-state index contributed by atoms with van der Waals surface area (Å²) in [5.74, 6) is 2.82. The van der Waals surface area contributed by atoms with Gasteiger partial charge in [-0.1, -0.05) is 24.3 Å². The van der Waals surface area contributed by atoms with Crippen LogP contribution in [0.1, 0.15) is 5.56 Å². The highest BCUT2D eigenvalue weighted by molar-refractivity contribution is 5.80. The van der Waals surface area contributed by atoms with Crippen LogP contribution in [-0.2, 0) is 11.2 Å². The normalized spacial score (nSPS) is 18.7. The molecule has 0 saturated carbocycles. The van der Waals surface area contributed by atoms with E-state index in [9.17, 15) is 4.79 Å². The Bertz CT molecular complexity index is 831. The van der Waals surface area contributed by atoms with Gasteiger partial charge in [0.05, 0.1) is 33.2 Å². The molecule has 0 aromatic heterocycles. The minimum atomic E-state index is -0.170. The molecule has 1 atom stereocenters. The maximum atomic E-state index is 12.8. The first-order valence-electron chi connectivity index (χ1n) is 9.06.